The maximum absolute atomic E-state index is 11.0. The number of aliphatic imine (C=N–C) groups is 1. The van der Waals surface area contributed by atoms with Crippen molar-refractivity contribution < 1.29 is 8.42 Å². The highest BCUT2D eigenvalue weighted by Crippen LogP contribution is 2.14. The van der Waals surface area contributed by atoms with Gasteiger partial charge in [-0.1, -0.05) is 0 Å². The minimum atomic E-state index is -2.94. The number of rotatable bonds is 5. The van der Waals surface area contributed by atoms with Gasteiger partial charge in [-0.3, -0.25) is 4.99 Å². The first-order valence-corrected chi connectivity index (χ1v) is 8.51. The van der Waals surface area contributed by atoms with Crippen LogP contribution in [0, 0.1) is 6.92 Å². The number of guanidine groups is 1. The van der Waals surface area contributed by atoms with E-state index in [0.29, 0.717) is 19.0 Å². The number of nitrogens with zero attached hydrogens (tertiary/aromatic N) is 1. The molecule has 0 aromatic carbocycles. The Morgan fingerprint density at radius 1 is 1.42 bits per heavy atom. The SMILES string of the molecule is CN=C(NCCS(C)(=O)=O)NCc1sccc1C.I. The molecule has 0 bridgehead atoms. The number of hydrogen-bond acceptors (Lipinski definition) is 4. The molecule has 0 aliphatic rings. The summed E-state index contributed by atoms with van der Waals surface area (Å²) in [5.41, 5.74) is 1.25. The molecule has 0 spiro atoms. The zero-order valence-electron chi connectivity index (χ0n) is 11.3. The van der Waals surface area contributed by atoms with Crippen LogP contribution in [0.5, 0.6) is 0 Å². The van der Waals surface area contributed by atoms with E-state index in [1.807, 2.05) is 5.38 Å². The molecule has 0 fully saturated rings. The van der Waals surface area contributed by atoms with Crippen LogP contribution in [0.25, 0.3) is 0 Å². The van der Waals surface area contributed by atoms with Crippen LogP contribution >= 0.6 is 35.3 Å². The molecular formula is C11H20IN3O2S2. The summed E-state index contributed by atoms with van der Waals surface area (Å²) in [4.78, 5) is 5.29. The molecule has 19 heavy (non-hydrogen) atoms. The van der Waals surface area contributed by atoms with Crippen LogP contribution in [0.1, 0.15) is 10.4 Å². The van der Waals surface area contributed by atoms with Gasteiger partial charge in [0.1, 0.15) is 9.84 Å². The van der Waals surface area contributed by atoms with E-state index in [0.717, 1.165) is 0 Å². The highest BCUT2D eigenvalue weighted by molar-refractivity contribution is 14.0. The van der Waals surface area contributed by atoms with Gasteiger partial charge < -0.3 is 10.6 Å². The van der Waals surface area contributed by atoms with E-state index < -0.39 is 9.84 Å². The molecule has 0 radical (unpaired) electrons. The Kier molecular flexibility index (Phi) is 8.59. The highest BCUT2D eigenvalue weighted by Gasteiger charge is 2.04. The quantitative estimate of drug-likeness (QED) is 0.432. The Labute approximate surface area is 135 Å². The van der Waals surface area contributed by atoms with Gasteiger partial charge in [-0.05, 0) is 23.9 Å². The van der Waals surface area contributed by atoms with Crippen LogP contribution in [0.4, 0.5) is 0 Å². The maximum atomic E-state index is 11.0. The van der Waals surface area contributed by atoms with Gasteiger partial charge in [0.05, 0.1) is 12.3 Å². The first-order chi connectivity index (χ1) is 8.42. The molecule has 0 saturated carbocycles. The largest absolute Gasteiger partial charge is 0.355 e. The van der Waals surface area contributed by atoms with Crippen molar-refractivity contribution in [2.45, 2.75) is 13.5 Å². The van der Waals surface area contributed by atoms with Crippen LogP contribution < -0.4 is 10.6 Å². The lowest BCUT2D eigenvalue weighted by molar-refractivity contribution is 0.600. The van der Waals surface area contributed by atoms with Crippen LogP contribution in [-0.2, 0) is 16.4 Å². The lowest BCUT2D eigenvalue weighted by Crippen LogP contribution is -2.39. The van der Waals surface area contributed by atoms with Gasteiger partial charge in [-0.15, -0.1) is 35.3 Å². The fourth-order valence-corrected chi connectivity index (χ4v) is 2.64. The Morgan fingerprint density at radius 3 is 2.58 bits per heavy atom. The Bertz CT molecular complexity index is 512. The summed E-state index contributed by atoms with van der Waals surface area (Å²) in [6.07, 6.45) is 1.22. The molecule has 8 heteroatoms. The average molecular weight is 417 g/mol. The van der Waals surface area contributed by atoms with Crippen molar-refractivity contribution in [3.8, 4) is 0 Å². The summed E-state index contributed by atoms with van der Waals surface area (Å²) in [5, 5.41) is 8.17. The summed E-state index contributed by atoms with van der Waals surface area (Å²) in [6, 6.07) is 2.07. The second-order valence-corrected chi connectivity index (χ2v) is 7.27. The van der Waals surface area contributed by atoms with E-state index in [-0.39, 0.29) is 29.7 Å². The molecule has 1 heterocycles. The molecule has 1 aromatic heterocycles. The van der Waals surface area contributed by atoms with E-state index in [4.69, 9.17) is 0 Å². The summed E-state index contributed by atoms with van der Waals surface area (Å²) >= 11 is 1.69. The van der Waals surface area contributed by atoms with Crippen molar-refractivity contribution in [1.82, 2.24) is 10.6 Å². The van der Waals surface area contributed by atoms with Crippen LogP contribution in [0.15, 0.2) is 16.4 Å². The summed E-state index contributed by atoms with van der Waals surface area (Å²) in [6.45, 7) is 3.12. The Morgan fingerprint density at radius 2 is 2.11 bits per heavy atom. The van der Waals surface area contributed by atoms with E-state index in [9.17, 15) is 8.42 Å². The topological polar surface area (TPSA) is 70.6 Å². The minimum absolute atomic E-state index is 0. The summed E-state index contributed by atoms with van der Waals surface area (Å²) in [7, 11) is -1.27. The van der Waals surface area contributed by atoms with Crippen LogP contribution in [0.2, 0.25) is 0 Å². The molecule has 0 saturated heterocycles. The summed E-state index contributed by atoms with van der Waals surface area (Å²) < 4.78 is 22.0. The third-order valence-electron chi connectivity index (χ3n) is 2.37. The lowest BCUT2D eigenvalue weighted by atomic mass is 10.3. The molecule has 0 aliphatic heterocycles. The number of sulfone groups is 1. The van der Waals surface area contributed by atoms with Crippen molar-refractivity contribution in [2.75, 3.05) is 25.6 Å². The predicted molar refractivity (Wildman–Crippen MR) is 92.4 cm³/mol. The van der Waals surface area contributed by atoms with E-state index in [1.54, 1.807) is 18.4 Å². The standard InChI is InChI=1S/C11H19N3O2S2.HI/c1-9-4-6-17-10(9)8-14-11(12-2)13-5-7-18(3,15)16;/h4,6H,5,7-8H2,1-3H3,(H2,12,13,14);1H. The van der Waals surface area contributed by atoms with Crippen molar-refractivity contribution in [3.05, 3.63) is 21.9 Å². The Hall–Kier alpha value is -0.350. The molecule has 5 nitrogen and oxygen atoms in total. The van der Waals surface area contributed by atoms with E-state index >= 15 is 0 Å². The van der Waals surface area contributed by atoms with Crippen LogP contribution in [-0.4, -0.2) is 40.0 Å². The first kappa shape index (κ1) is 18.7. The normalized spacial score (nSPS) is 11.8. The van der Waals surface area contributed by atoms with Crippen molar-refractivity contribution in [1.29, 1.82) is 0 Å². The van der Waals surface area contributed by atoms with Gasteiger partial charge in [-0.2, -0.15) is 0 Å². The molecule has 0 aliphatic carbocycles. The van der Waals surface area contributed by atoms with Gasteiger partial charge in [-0.25, -0.2) is 8.42 Å². The molecular weight excluding hydrogens is 397 g/mol. The van der Waals surface area contributed by atoms with Gasteiger partial charge in [0.15, 0.2) is 5.96 Å². The highest BCUT2D eigenvalue weighted by atomic mass is 127. The Balaban J connectivity index is 0.00000324. The number of hydrogen-bond donors (Lipinski definition) is 2. The molecule has 0 amide bonds. The first-order valence-electron chi connectivity index (χ1n) is 5.57. The number of nitrogens with one attached hydrogen (secondary N) is 2. The van der Waals surface area contributed by atoms with Crippen LogP contribution in [0.3, 0.4) is 0 Å². The molecule has 1 aromatic rings. The average Bonchev–Trinajstić information content (AvgIpc) is 2.67. The van der Waals surface area contributed by atoms with E-state index in [2.05, 4.69) is 28.6 Å². The number of aryl methyl sites for hydroxylation is 1. The minimum Gasteiger partial charge on any atom is -0.355 e. The monoisotopic (exact) mass is 417 g/mol. The van der Waals surface area contributed by atoms with Gasteiger partial charge in [0, 0.05) is 24.7 Å². The van der Waals surface area contributed by atoms with Crippen molar-refractivity contribution in [2.24, 2.45) is 4.99 Å². The van der Waals surface area contributed by atoms with Gasteiger partial charge in [0.25, 0.3) is 0 Å². The molecule has 110 valence electrons. The van der Waals surface area contributed by atoms with Crippen molar-refractivity contribution >= 4 is 51.1 Å². The molecule has 2 N–H and O–H groups in total. The molecule has 0 atom stereocenters. The van der Waals surface area contributed by atoms with Gasteiger partial charge >= 0.3 is 0 Å². The molecule has 0 unspecified atom stereocenters. The number of halogens is 1. The zero-order chi connectivity index (χ0) is 13.6. The maximum Gasteiger partial charge on any atom is 0.191 e. The third kappa shape index (κ3) is 7.73. The van der Waals surface area contributed by atoms with Gasteiger partial charge in [0.2, 0.25) is 0 Å². The molecule has 1 rings (SSSR count). The van der Waals surface area contributed by atoms with Crippen molar-refractivity contribution in [3.63, 3.8) is 0 Å². The zero-order valence-corrected chi connectivity index (χ0v) is 15.2. The number of thiophene rings is 1. The summed E-state index contributed by atoms with van der Waals surface area (Å²) in [5.74, 6) is 0.720. The fourth-order valence-electron chi connectivity index (χ4n) is 1.32. The fraction of sp³-hybridized carbons (Fsp3) is 0.545. The third-order valence-corrected chi connectivity index (χ3v) is 4.34. The predicted octanol–water partition coefficient (Wildman–Crippen LogP) is 1.38. The second-order valence-electron chi connectivity index (χ2n) is 4.01. The smallest absolute Gasteiger partial charge is 0.191 e. The lowest BCUT2D eigenvalue weighted by Gasteiger charge is -2.11. The second kappa shape index (κ2) is 8.75. The van der Waals surface area contributed by atoms with E-state index in [1.165, 1.54) is 16.7 Å².